The number of hydrogen-bond acceptors (Lipinski definition) is 9. The van der Waals surface area contributed by atoms with E-state index >= 15 is 0 Å². The van der Waals surface area contributed by atoms with Gasteiger partial charge in [-0.15, -0.1) is 21.5 Å². The number of nitrogens with zero attached hydrogens (tertiary/aromatic N) is 5. The second-order valence-electron chi connectivity index (χ2n) is 7.60. The predicted octanol–water partition coefficient (Wildman–Crippen LogP) is 4.29. The molecule has 4 heterocycles. The first-order valence-electron chi connectivity index (χ1n) is 10.0. The highest BCUT2D eigenvalue weighted by atomic mass is 32.2. The molecule has 1 aliphatic heterocycles. The average molecular weight is 432 g/mol. The van der Waals surface area contributed by atoms with Gasteiger partial charge in [0, 0.05) is 29.3 Å². The zero-order valence-corrected chi connectivity index (χ0v) is 18.0. The van der Waals surface area contributed by atoms with E-state index in [9.17, 15) is 0 Å². The maximum Gasteiger partial charge on any atom is 0.209 e. The molecule has 6 nitrogen and oxygen atoms in total. The lowest BCUT2D eigenvalue weighted by Gasteiger charge is -2.25. The van der Waals surface area contributed by atoms with Gasteiger partial charge in [0.25, 0.3) is 0 Å². The zero-order valence-electron chi connectivity index (χ0n) is 15.5. The molecule has 0 aromatic carbocycles. The third-order valence-corrected chi connectivity index (χ3v) is 8.81. The summed E-state index contributed by atoms with van der Waals surface area (Å²) in [6.07, 6.45) is 7.36. The minimum Gasteiger partial charge on any atom is -0.378 e. The number of ether oxygens (including phenoxy) is 1. The van der Waals surface area contributed by atoms with Crippen molar-refractivity contribution in [1.29, 1.82) is 0 Å². The molecule has 0 radical (unpaired) electrons. The number of aromatic nitrogens is 4. The van der Waals surface area contributed by atoms with Gasteiger partial charge in [0.15, 0.2) is 4.34 Å². The quantitative estimate of drug-likeness (QED) is 0.571. The van der Waals surface area contributed by atoms with Crippen LogP contribution in [0.5, 0.6) is 0 Å². The zero-order chi connectivity index (χ0) is 18.5. The summed E-state index contributed by atoms with van der Waals surface area (Å²) >= 11 is 5.24. The van der Waals surface area contributed by atoms with Crippen LogP contribution in [0.25, 0.3) is 10.2 Å². The Morgan fingerprint density at radius 3 is 2.71 bits per heavy atom. The van der Waals surface area contributed by atoms with Crippen molar-refractivity contribution < 1.29 is 4.74 Å². The largest absolute Gasteiger partial charge is 0.378 e. The van der Waals surface area contributed by atoms with Crippen LogP contribution in [-0.2, 0) is 17.6 Å². The summed E-state index contributed by atoms with van der Waals surface area (Å²) in [4.78, 5) is 15.0. The van der Waals surface area contributed by atoms with Crippen molar-refractivity contribution in [1.82, 2.24) is 20.2 Å². The number of hydrogen-bond donors (Lipinski definition) is 0. The molecule has 9 heteroatoms. The minimum absolute atomic E-state index is 0.557. The number of thiophene rings is 1. The molecule has 1 saturated carbocycles. The summed E-state index contributed by atoms with van der Waals surface area (Å²) < 4.78 is 6.42. The SMILES string of the molecule is C1CCc2c(sc3nc(C4CC4)nc(Sc4nnc(N5CCOCC5)s4)c23)C1. The van der Waals surface area contributed by atoms with E-state index in [1.807, 2.05) is 11.3 Å². The molecule has 3 aromatic rings. The first-order valence-corrected chi connectivity index (χ1v) is 12.5. The molecule has 0 amide bonds. The molecule has 0 bridgehead atoms. The van der Waals surface area contributed by atoms with Crippen LogP contribution in [0.3, 0.4) is 0 Å². The van der Waals surface area contributed by atoms with Crippen molar-refractivity contribution in [2.24, 2.45) is 0 Å². The fourth-order valence-corrected chi connectivity index (χ4v) is 7.25. The van der Waals surface area contributed by atoms with Crippen LogP contribution in [0.2, 0.25) is 0 Å². The Morgan fingerprint density at radius 1 is 1.00 bits per heavy atom. The van der Waals surface area contributed by atoms with Crippen LogP contribution >= 0.6 is 34.4 Å². The van der Waals surface area contributed by atoms with Crippen LogP contribution in [0.15, 0.2) is 9.37 Å². The van der Waals surface area contributed by atoms with Crippen molar-refractivity contribution in [2.75, 3.05) is 31.2 Å². The Kier molecular flexibility index (Phi) is 4.51. The van der Waals surface area contributed by atoms with Gasteiger partial charge in [-0.25, -0.2) is 9.97 Å². The van der Waals surface area contributed by atoms with Gasteiger partial charge in [-0.3, -0.25) is 0 Å². The van der Waals surface area contributed by atoms with Crippen molar-refractivity contribution >= 4 is 49.8 Å². The molecule has 3 aromatic heterocycles. The van der Waals surface area contributed by atoms with E-state index in [4.69, 9.17) is 14.7 Å². The van der Waals surface area contributed by atoms with Crippen LogP contribution in [-0.4, -0.2) is 46.5 Å². The molecule has 0 N–H and O–H groups in total. The van der Waals surface area contributed by atoms with Crippen molar-refractivity contribution in [3.63, 3.8) is 0 Å². The molecule has 0 unspecified atom stereocenters. The highest BCUT2D eigenvalue weighted by Crippen LogP contribution is 2.45. The van der Waals surface area contributed by atoms with Gasteiger partial charge in [0.1, 0.15) is 15.7 Å². The number of morpholine rings is 1. The normalized spacial score (nSPS) is 19.9. The number of fused-ring (bicyclic) bond motifs is 3. The smallest absolute Gasteiger partial charge is 0.209 e. The van der Waals surface area contributed by atoms with E-state index < -0.39 is 0 Å². The second-order valence-corrected chi connectivity index (χ2v) is 10.9. The topological polar surface area (TPSA) is 64.0 Å². The Hall–Kier alpha value is -1.29. The average Bonchev–Trinajstić information content (AvgIpc) is 3.37. The summed E-state index contributed by atoms with van der Waals surface area (Å²) in [6.45, 7) is 3.31. The highest BCUT2D eigenvalue weighted by Gasteiger charge is 2.30. The molecular weight excluding hydrogens is 410 g/mol. The molecule has 2 aliphatic carbocycles. The fraction of sp³-hybridized carbons (Fsp3) is 0.579. The van der Waals surface area contributed by atoms with E-state index in [0.717, 1.165) is 53.0 Å². The van der Waals surface area contributed by atoms with Crippen molar-refractivity contribution in [3.05, 3.63) is 16.3 Å². The van der Waals surface area contributed by atoms with Gasteiger partial charge in [-0.1, -0.05) is 11.3 Å². The Balaban J connectivity index is 1.38. The Morgan fingerprint density at radius 2 is 1.86 bits per heavy atom. The first-order chi connectivity index (χ1) is 13.8. The number of aryl methyl sites for hydroxylation is 2. The fourth-order valence-electron chi connectivity index (χ4n) is 3.95. The molecular formula is C19H21N5OS3. The van der Waals surface area contributed by atoms with E-state index in [1.54, 1.807) is 23.1 Å². The van der Waals surface area contributed by atoms with Gasteiger partial charge in [-0.05, 0) is 55.9 Å². The molecule has 0 atom stereocenters. The number of anilines is 1. The van der Waals surface area contributed by atoms with Gasteiger partial charge in [-0.2, -0.15) is 0 Å². The summed E-state index contributed by atoms with van der Waals surface area (Å²) in [5.41, 5.74) is 1.49. The monoisotopic (exact) mass is 431 g/mol. The van der Waals surface area contributed by atoms with Gasteiger partial charge < -0.3 is 9.64 Å². The first kappa shape index (κ1) is 17.6. The van der Waals surface area contributed by atoms with Crippen molar-refractivity contribution in [3.8, 4) is 0 Å². The maximum absolute atomic E-state index is 5.45. The van der Waals surface area contributed by atoms with Gasteiger partial charge in [0.2, 0.25) is 5.13 Å². The minimum atomic E-state index is 0.557. The standard InChI is InChI=1S/C19H21N5OS3/c1-2-4-13-12(3-1)14-16(26-13)20-15(11-5-6-11)21-17(14)27-19-23-22-18(28-19)24-7-9-25-10-8-24/h11H,1-10H2. The summed E-state index contributed by atoms with van der Waals surface area (Å²) in [5.74, 6) is 1.59. The van der Waals surface area contributed by atoms with E-state index in [1.165, 1.54) is 52.8 Å². The van der Waals surface area contributed by atoms with E-state index in [2.05, 4.69) is 15.1 Å². The Labute approximate surface area is 175 Å². The molecule has 3 aliphatic rings. The second kappa shape index (κ2) is 7.19. The molecule has 6 rings (SSSR count). The summed E-state index contributed by atoms with van der Waals surface area (Å²) in [5, 5.41) is 12.3. The molecule has 1 saturated heterocycles. The van der Waals surface area contributed by atoms with Crippen LogP contribution in [0.1, 0.15) is 47.9 Å². The lowest BCUT2D eigenvalue weighted by atomic mass is 9.97. The third kappa shape index (κ3) is 3.22. The van der Waals surface area contributed by atoms with Gasteiger partial charge in [0.05, 0.1) is 13.2 Å². The third-order valence-electron chi connectivity index (χ3n) is 5.60. The summed E-state index contributed by atoms with van der Waals surface area (Å²) in [6, 6.07) is 0. The van der Waals surface area contributed by atoms with E-state index in [-0.39, 0.29) is 0 Å². The summed E-state index contributed by atoms with van der Waals surface area (Å²) in [7, 11) is 0. The molecule has 0 spiro atoms. The van der Waals surface area contributed by atoms with E-state index in [0.29, 0.717) is 5.92 Å². The van der Waals surface area contributed by atoms with Crippen LogP contribution < -0.4 is 4.90 Å². The maximum atomic E-state index is 5.45. The molecule has 28 heavy (non-hydrogen) atoms. The lowest BCUT2D eigenvalue weighted by Crippen LogP contribution is -2.36. The number of rotatable bonds is 4. The van der Waals surface area contributed by atoms with Crippen LogP contribution in [0.4, 0.5) is 5.13 Å². The van der Waals surface area contributed by atoms with Crippen LogP contribution in [0, 0.1) is 0 Å². The van der Waals surface area contributed by atoms with Gasteiger partial charge >= 0.3 is 0 Å². The Bertz CT molecular complexity index is 1020. The predicted molar refractivity (Wildman–Crippen MR) is 113 cm³/mol. The molecule has 146 valence electrons. The van der Waals surface area contributed by atoms with Crippen molar-refractivity contribution in [2.45, 2.75) is 53.8 Å². The molecule has 2 fully saturated rings. The lowest BCUT2D eigenvalue weighted by molar-refractivity contribution is 0.122. The highest BCUT2D eigenvalue weighted by molar-refractivity contribution is 8.01.